The van der Waals surface area contributed by atoms with Crippen molar-refractivity contribution in [3.8, 4) is 5.75 Å². The number of amides is 1. The van der Waals surface area contributed by atoms with E-state index in [1.807, 2.05) is 11.8 Å². The van der Waals surface area contributed by atoms with Gasteiger partial charge in [-0.1, -0.05) is 0 Å². The van der Waals surface area contributed by atoms with Crippen LogP contribution in [0.5, 0.6) is 5.75 Å². The van der Waals surface area contributed by atoms with Gasteiger partial charge in [-0.25, -0.2) is 0 Å². The van der Waals surface area contributed by atoms with Gasteiger partial charge in [0, 0.05) is 36.4 Å². The molecule has 0 aromatic heterocycles. The molecule has 2 rings (SSSR count). The van der Waals surface area contributed by atoms with Gasteiger partial charge in [-0.05, 0) is 46.0 Å². The number of hydrogen-bond acceptors (Lipinski definition) is 4. The number of nitrogens with zero attached hydrogens (tertiary/aromatic N) is 2. The monoisotopic (exact) mass is 291 g/mol. The highest BCUT2D eigenvalue weighted by Gasteiger charge is 2.25. The van der Waals surface area contributed by atoms with Gasteiger partial charge in [0.15, 0.2) is 0 Å². The van der Waals surface area contributed by atoms with Gasteiger partial charge in [0.2, 0.25) is 0 Å². The number of hydrogen-bond donors (Lipinski definition) is 1. The lowest BCUT2D eigenvalue weighted by atomic mass is 10.0. The SMILES string of the molecule is CCOc1cc(N)cc(C(=O)N2CCC(N(C)C)CC2)c1. The van der Waals surface area contributed by atoms with Crippen molar-refractivity contribution in [2.24, 2.45) is 0 Å². The van der Waals surface area contributed by atoms with E-state index in [0.717, 1.165) is 25.9 Å². The minimum absolute atomic E-state index is 0.0421. The van der Waals surface area contributed by atoms with Crippen molar-refractivity contribution < 1.29 is 9.53 Å². The molecule has 1 aliphatic heterocycles. The van der Waals surface area contributed by atoms with Crippen molar-refractivity contribution in [3.05, 3.63) is 23.8 Å². The average Bonchev–Trinajstić information content (AvgIpc) is 2.46. The van der Waals surface area contributed by atoms with E-state index in [2.05, 4.69) is 19.0 Å². The summed E-state index contributed by atoms with van der Waals surface area (Å²) >= 11 is 0. The smallest absolute Gasteiger partial charge is 0.254 e. The zero-order valence-corrected chi connectivity index (χ0v) is 13.1. The van der Waals surface area contributed by atoms with Gasteiger partial charge in [0.05, 0.1) is 6.61 Å². The molecule has 1 saturated heterocycles. The molecule has 0 atom stereocenters. The van der Waals surface area contributed by atoms with Gasteiger partial charge < -0.3 is 20.3 Å². The summed E-state index contributed by atoms with van der Waals surface area (Å²) in [6, 6.07) is 5.82. The predicted molar refractivity (Wildman–Crippen MR) is 84.6 cm³/mol. The third-order valence-electron chi connectivity index (χ3n) is 3.97. The third-order valence-corrected chi connectivity index (χ3v) is 3.97. The molecular formula is C16H25N3O2. The Labute approximate surface area is 126 Å². The lowest BCUT2D eigenvalue weighted by Crippen LogP contribution is -2.44. The number of ether oxygens (including phenoxy) is 1. The predicted octanol–water partition coefficient (Wildman–Crippen LogP) is 1.83. The normalized spacial score (nSPS) is 16.3. The number of piperidine rings is 1. The molecule has 1 aromatic carbocycles. The minimum atomic E-state index is 0.0421. The molecule has 1 aliphatic rings. The van der Waals surface area contributed by atoms with E-state index in [4.69, 9.17) is 10.5 Å². The topological polar surface area (TPSA) is 58.8 Å². The van der Waals surface area contributed by atoms with Crippen LogP contribution in [-0.4, -0.2) is 55.5 Å². The van der Waals surface area contributed by atoms with Crippen LogP contribution in [0.1, 0.15) is 30.1 Å². The molecule has 0 radical (unpaired) electrons. The first-order valence-electron chi connectivity index (χ1n) is 7.50. The molecule has 0 unspecified atom stereocenters. The third kappa shape index (κ3) is 3.88. The van der Waals surface area contributed by atoms with E-state index in [-0.39, 0.29) is 5.91 Å². The van der Waals surface area contributed by atoms with E-state index >= 15 is 0 Å². The van der Waals surface area contributed by atoms with Crippen LogP contribution in [-0.2, 0) is 0 Å². The zero-order valence-electron chi connectivity index (χ0n) is 13.1. The van der Waals surface area contributed by atoms with Crippen LogP contribution in [0.15, 0.2) is 18.2 Å². The zero-order chi connectivity index (χ0) is 15.4. The molecule has 5 heteroatoms. The summed E-state index contributed by atoms with van der Waals surface area (Å²) in [7, 11) is 4.18. The van der Waals surface area contributed by atoms with Crippen molar-refractivity contribution in [2.75, 3.05) is 39.5 Å². The maximum Gasteiger partial charge on any atom is 0.254 e. The van der Waals surface area contributed by atoms with Gasteiger partial charge in [0.1, 0.15) is 5.75 Å². The fourth-order valence-electron chi connectivity index (χ4n) is 2.76. The van der Waals surface area contributed by atoms with Crippen LogP contribution in [0.25, 0.3) is 0 Å². The van der Waals surface area contributed by atoms with Crippen LogP contribution < -0.4 is 10.5 Å². The number of nitrogen functional groups attached to an aromatic ring is 1. The van der Waals surface area contributed by atoms with E-state index in [1.165, 1.54) is 0 Å². The van der Waals surface area contributed by atoms with E-state index < -0.39 is 0 Å². The molecule has 1 aromatic rings. The summed E-state index contributed by atoms with van der Waals surface area (Å²) in [4.78, 5) is 16.7. The van der Waals surface area contributed by atoms with Crippen molar-refractivity contribution in [1.29, 1.82) is 0 Å². The second kappa shape index (κ2) is 6.80. The largest absolute Gasteiger partial charge is 0.494 e. The van der Waals surface area contributed by atoms with Crippen LogP contribution in [0, 0.1) is 0 Å². The molecule has 21 heavy (non-hydrogen) atoms. The number of carbonyl (C=O) groups is 1. The standard InChI is InChI=1S/C16H25N3O2/c1-4-21-15-10-12(9-13(17)11-15)16(20)19-7-5-14(6-8-19)18(2)3/h9-11,14H,4-8,17H2,1-3H3. The number of rotatable bonds is 4. The molecule has 0 bridgehead atoms. The molecule has 1 amide bonds. The van der Waals surface area contributed by atoms with Crippen molar-refractivity contribution in [1.82, 2.24) is 9.80 Å². The molecule has 0 aliphatic carbocycles. The molecule has 0 saturated carbocycles. The minimum Gasteiger partial charge on any atom is -0.494 e. The highest BCUT2D eigenvalue weighted by Crippen LogP contribution is 2.22. The quantitative estimate of drug-likeness (QED) is 0.860. The van der Waals surface area contributed by atoms with Gasteiger partial charge in [0.25, 0.3) is 5.91 Å². The van der Waals surface area contributed by atoms with Crippen LogP contribution in [0.2, 0.25) is 0 Å². The summed E-state index contributed by atoms with van der Waals surface area (Å²) in [5, 5.41) is 0. The number of anilines is 1. The Morgan fingerprint density at radius 1 is 1.33 bits per heavy atom. The van der Waals surface area contributed by atoms with E-state index in [9.17, 15) is 4.79 Å². The summed E-state index contributed by atoms with van der Waals surface area (Å²) < 4.78 is 5.46. The lowest BCUT2D eigenvalue weighted by molar-refractivity contribution is 0.0663. The van der Waals surface area contributed by atoms with E-state index in [0.29, 0.717) is 29.6 Å². The average molecular weight is 291 g/mol. The first-order chi connectivity index (χ1) is 10.0. The van der Waals surface area contributed by atoms with Gasteiger partial charge in [-0.2, -0.15) is 0 Å². The van der Waals surface area contributed by atoms with Gasteiger partial charge in [-0.3, -0.25) is 4.79 Å². The molecule has 0 spiro atoms. The Morgan fingerprint density at radius 2 is 2.00 bits per heavy atom. The fourth-order valence-corrected chi connectivity index (χ4v) is 2.76. The maximum atomic E-state index is 12.6. The lowest BCUT2D eigenvalue weighted by Gasteiger charge is -2.35. The first kappa shape index (κ1) is 15.6. The summed E-state index contributed by atoms with van der Waals surface area (Å²) in [6.07, 6.45) is 2.03. The molecule has 116 valence electrons. The maximum absolute atomic E-state index is 12.6. The Morgan fingerprint density at radius 3 is 2.57 bits per heavy atom. The summed E-state index contributed by atoms with van der Waals surface area (Å²) in [5.41, 5.74) is 7.04. The molecular weight excluding hydrogens is 266 g/mol. The van der Waals surface area contributed by atoms with Gasteiger partial charge in [-0.15, -0.1) is 0 Å². The number of benzene rings is 1. The Kier molecular flexibility index (Phi) is 5.07. The second-order valence-electron chi connectivity index (χ2n) is 5.71. The van der Waals surface area contributed by atoms with Crippen LogP contribution >= 0.6 is 0 Å². The molecule has 1 fully saturated rings. The Hall–Kier alpha value is -1.75. The molecule has 5 nitrogen and oxygen atoms in total. The van der Waals surface area contributed by atoms with Crippen LogP contribution in [0.3, 0.4) is 0 Å². The Bertz CT molecular complexity index is 494. The number of nitrogens with two attached hydrogens (primary N) is 1. The van der Waals surface area contributed by atoms with Crippen LogP contribution in [0.4, 0.5) is 5.69 Å². The summed E-state index contributed by atoms with van der Waals surface area (Å²) in [6.45, 7) is 4.06. The highest BCUT2D eigenvalue weighted by atomic mass is 16.5. The highest BCUT2D eigenvalue weighted by molar-refractivity contribution is 5.95. The van der Waals surface area contributed by atoms with Crippen molar-refractivity contribution in [2.45, 2.75) is 25.8 Å². The molecule has 2 N–H and O–H groups in total. The van der Waals surface area contributed by atoms with Gasteiger partial charge >= 0.3 is 0 Å². The second-order valence-corrected chi connectivity index (χ2v) is 5.71. The summed E-state index contributed by atoms with van der Waals surface area (Å²) in [5.74, 6) is 0.699. The van der Waals surface area contributed by atoms with Crippen molar-refractivity contribution in [3.63, 3.8) is 0 Å². The number of carbonyl (C=O) groups excluding carboxylic acids is 1. The Balaban J connectivity index is 2.07. The van der Waals surface area contributed by atoms with E-state index in [1.54, 1.807) is 18.2 Å². The first-order valence-corrected chi connectivity index (χ1v) is 7.50. The van der Waals surface area contributed by atoms with Crippen molar-refractivity contribution >= 4 is 11.6 Å². The molecule has 1 heterocycles. The number of likely N-dealkylation sites (tertiary alicyclic amines) is 1. The fraction of sp³-hybridized carbons (Fsp3) is 0.562.